The molecule has 0 aliphatic carbocycles. The molecular weight excluding hydrogens is 291 g/mol. The molecule has 1 heterocycles. The zero-order valence-corrected chi connectivity index (χ0v) is 9.78. The third-order valence-electron chi connectivity index (χ3n) is 2.13. The summed E-state index contributed by atoms with van der Waals surface area (Å²) >= 11 is 0.511. The van der Waals surface area contributed by atoms with Gasteiger partial charge in [0.05, 0.1) is 0 Å². The first kappa shape index (κ1) is 13.6. The standard InChI is InChI=1S/C11H5F5O2S/c12-9-5(1-2-6(17)10(9)13)7-3-4-8(19-7)18-11(14,15)16/h1-4,17H. The van der Waals surface area contributed by atoms with Gasteiger partial charge in [-0.1, -0.05) is 11.3 Å². The van der Waals surface area contributed by atoms with Crippen molar-refractivity contribution in [1.82, 2.24) is 0 Å². The van der Waals surface area contributed by atoms with Crippen LogP contribution in [0.2, 0.25) is 0 Å². The minimum absolute atomic E-state index is 0.0515. The maximum Gasteiger partial charge on any atom is 0.573 e. The van der Waals surface area contributed by atoms with E-state index in [2.05, 4.69) is 4.74 Å². The van der Waals surface area contributed by atoms with Crippen molar-refractivity contribution in [2.75, 3.05) is 0 Å². The molecule has 2 aromatic rings. The van der Waals surface area contributed by atoms with E-state index in [1.54, 1.807) is 0 Å². The fraction of sp³-hybridized carbons (Fsp3) is 0.0909. The summed E-state index contributed by atoms with van der Waals surface area (Å²) in [5, 5.41) is 8.45. The molecule has 8 heteroatoms. The number of phenols is 1. The van der Waals surface area contributed by atoms with Crippen LogP contribution in [0.25, 0.3) is 10.4 Å². The van der Waals surface area contributed by atoms with Gasteiger partial charge in [0, 0.05) is 10.4 Å². The average Bonchev–Trinajstić information content (AvgIpc) is 2.72. The van der Waals surface area contributed by atoms with Crippen molar-refractivity contribution in [3.63, 3.8) is 0 Å². The molecule has 0 saturated carbocycles. The quantitative estimate of drug-likeness (QED) is 0.837. The number of hydrogen-bond donors (Lipinski definition) is 1. The van der Waals surface area contributed by atoms with Crippen LogP contribution in [0, 0.1) is 11.6 Å². The summed E-state index contributed by atoms with van der Waals surface area (Å²) in [4.78, 5) is 0.0515. The number of rotatable bonds is 2. The van der Waals surface area contributed by atoms with Gasteiger partial charge in [-0.3, -0.25) is 0 Å². The predicted molar refractivity (Wildman–Crippen MR) is 58.0 cm³/mol. The third kappa shape index (κ3) is 2.95. The molecule has 2 nitrogen and oxygen atoms in total. The van der Waals surface area contributed by atoms with E-state index in [1.807, 2.05) is 0 Å². The Balaban J connectivity index is 2.36. The molecule has 19 heavy (non-hydrogen) atoms. The summed E-state index contributed by atoms with van der Waals surface area (Å²) in [7, 11) is 0. The smallest absolute Gasteiger partial charge is 0.505 e. The van der Waals surface area contributed by atoms with E-state index in [1.165, 1.54) is 6.07 Å². The first-order valence-corrected chi connectivity index (χ1v) is 5.62. The monoisotopic (exact) mass is 296 g/mol. The second-order valence-electron chi connectivity index (χ2n) is 3.43. The Kier molecular flexibility index (Phi) is 3.36. The summed E-state index contributed by atoms with van der Waals surface area (Å²) in [6.07, 6.45) is -4.85. The molecule has 0 fully saturated rings. The van der Waals surface area contributed by atoms with Crippen LogP contribution in [-0.2, 0) is 0 Å². The van der Waals surface area contributed by atoms with Crippen molar-refractivity contribution in [3.8, 4) is 21.3 Å². The highest BCUT2D eigenvalue weighted by Gasteiger charge is 2.32. The Morgan fingerprint density at radius 3 is 2.32 bits per heavy atom. The van der Waals surface area contributed by atoms with Gasteiger partial charge in [0.2, 0.25) is 5.82 Å². The van der Waals surface area contributed by atoms with Crippen molar-refractivity contribution in [2.45, 2.75) is 6.36 Å². The van der Waals surface area contributed by atoms with E-state index in [4.69, 9.17) is 5.11 Å². The Morgan fingerprint density at radius 1 is 1.00 bits per heavy atom. The maximum absolute atomic E-state index is 13.5. The molecule has 0 unspecified atom stereocenters. The van der Waals surface area contributed by atoms with Crippen molar-refractivity contribution in [2.24, 2.45) is 0 Å². The zero-order chi connectivity index (χ0) is 14.2. The Hall–Kier alpha value is -1.83. The van der Waals surface area contributed by atoms with Gasteiger partial charge in [0.1, 0.15) is 0 Å². The van der Waals surface area contributed by atoms with Crippen LogP contribution in [0.3, 0.4) is 0 Å². The normalized spacial score (nSPS) is 11.6. The molecular formula is C11H5F5O2S. The number of aromatic hydroxyl groups is 1. The highest BCUT2D eigenvalue weighted by molar-refractivity contribution is 7.17. The van der Waals surface area contributed by atoms with Gasteiger partial charge >= 0.3 is 6.36 Å². The largest absolute Gasteiger partial charge is 0.573 e. The Bertz CT molecular complexity index is 606. The number of hydrogen-bond acceptors (Lipinski definition) is 3. The molecule has 0 atom stereocenters. The molecule has 2 rings (SSSR count). The van der Waals surface area contributed by atoms with Crippen LogP contribution in [0.15, 0.2) is 24.3 Å². The van der Waals surface area contributed by atoms with E-state index >= 15 is 0 Å². The number of phenolic OH excluding ortho intramolecular Hbond substituents is 1. The van der Waals surface area contributed by atoms with Crippen molar-refractivity contribution >= 4 is 11.3 Å². The van der Waals surface area contributed by atoms with Crippen LogP contribution in [0.4, 0.5) is 22.0 Å². The average molecular weight is 296 g/mol. The first-order valence-electron chi connectivity index (χ1n) is 4.81. The summed E-state index contributed by atoms with van der Waals surface area (Å²) in [6, 6.07) is 4.15. The van der Waals surface area contributed by atoms with Crippen LogP contribution < -0.4 is 4.74 Å². The van der Waals surface area contributed by atoms with Crippen molar-refractivity contribution in [1.29, 1.82) is 0 Å². The van der Waals surface area contributed by atoms with Gasteiger partial charge in [-0.2, -0.15) is 4.39 Å². The summed E-state index contributed by atoms with van der Waals surface area (Å²) in [5.41, 5.74) is -0.252. The van der Waals surface area contributed by atoms with Gasteiger partial charge in [-0.15, -0.1) is 13.2 Å². The van der Waals surface area contributed by atoms with Crippen molar-refractivity contribution < 1.29 is 31.8 Å². The van der Waals surface area contributed by atoms with Crippen LogP contribution >= 0.6 is 11.3 Å². The minimum Gasteiger partial charge on any atom is -0.505 e. The highest BCUT2D eigenvalue weighted by Crippen LogP contribution is 2.38. The third-order valence-corrected chi connectivity index (χ3v) is 3.12. The number of thiophene rings is 1. The molecule has 0 spiro atoms. The van der Waals surface area contributed by atoms with E-state index < -0.39 is 28.8 Å². The molecule has 1 aromatic heterocycles. The van der Waals surface area contributed by atoms with Gasteiger partial charge in [-0.05, 0) is 24.3 Å². The fourth-order valence-electron chi connectivity index (χ4n) is 1.36. The predicted octanol–water partition coefficient (Wildman–Crippen LogP) is 4.30. The summed E-state index contributed by atoms with van der Waals surface area (Å²) in [5.74, 6) is -3.66. The summed E-state index contributed by atoms with van der Waals surface area (Å²) < 4.78 is 66.2. The zero-order valence-electron chi connectivity index (χ0n) is 8.96. The lowest BCUT2D eigenvalue weighted by molar-refractivity contribution is -0.273. The molecule has 0 aliphatic heterocycles. The second kappa shape index (κ2) is 4.69. The van der Waals surface area contributed by atoms with E-state index in [0.717, 1.165) is 18.2 Å². The highest BCUT2D eigenvalue weighted by atomic mass is 32.1. The Labute approximate surface area is 107 Å². The maximum atomic E-state index is 13.5. The van der Waals surface area contributed by atoms with E-state index in [-0.39, 0.29) is 10.4 Å². The first-order chi connectivity index (χ1) is 8.78. The van der Waals surface area contributed by atoms with Crippen molar-refractivity contribution in [3.05, 3.63) is 35.9 Å². The number of halogens is 5. The molecule has 1 aromatic carbocycles. The van der Waals surface area contributed by atoms with E-state index in [0.29, 0.717) is 11.3 Å². The van der Waals surface area contributed by atoms with Gasteiger partial charge in [0.15, 0.2) is 16.6 Å². The lowest BCUT2D eigenvalue weighted by atomic mass is 10.1. The summed E-state index contributed by atoms with van der Waals surface area (Å²) in [6.45, 7) is 0. The van der Waals surface area contributed by atoms with Gasteiger partial charge in [-0.25, -0.2) is 4.39 Å². The van der Waals surface area contributed by atoms with Crippen LogP contribution in [0.1, 0.15) is 0 Å². The molecule has 0 radical (unpaired) electrons. The van der Waals surface area contributed by atoms with Crippen LogP contribution in [0.5, 0.6) is 10.8 Å². The lowest BCUT2D eigenvalue weighted by Crippen LogP contribution is -2.16. The number of benzene rings is 1. The minimum atomic E-state index is -4.85. The molecule has 0 aliphatic rings. The van der Waals surface area contributed by atoms with E-state index in [9.17, 15) is 22.0 Å². The SMILES string of the molecule is Oc1ccc(-c2ccc(OC(F)(F)F)s2)c(F)c1F. The Morgan fingerprint density at radius 2 is 1.68 bits per heavy atom. The second-order valence-corrected chi connectivity index (χ2v) is 4.47. The molecule has 0 amide bonds. The topological polar surface area (TPSA) is 29.5 Å². The fourth-order valence-corrected chi connectivity index (χ4v) is 2.26. The molecule has 0 saturated heterocycles. The van der Waals surface area contributed by atoms with Gasteiger partial charge in [0.25, 0.3) is 0 Å². The lowest BCUT2D eigenvalue weighted by Gasteiger charge is -2.05. The number of ether oxygens (including phenoxy) is 1. The molecule has 1 N–H and O–H groups in total. The van der Waals surface area contributed by atoms with Gasteiger partial charge < -0.3 is 9.84 Å². The number of alkyl halides is 3. The molecule has 102 valence electrons. The van der Waals surface area contributed by atoms with Crippen LogP contribution in [-0.4, -0.2) is 11.5 Å². The molecule has 0 bridgehead atoms.